The van der Waals surface area contributed by atoms with E-state index < -0.39 is 0 Å². The summed E-state index contributed by atoms with van der Waals surface area (Å²) in [4.78, 5) is 26.2. The molecule has 1 amide bonds. The van der Waals surface area contributed by atoms with Crippen LogP contribution in [-0.2, 0) is 9.59 Å². The van der Waals surface area contributed by atoms with E-state index in [1.807, 2.05) is 48.7 Å². The van der Waals surface area contributed by atoms with E-state index in [9.17, 15) is 14.9 Å². The first kappa shape index (κ1) is 20.5. The summed E-state index contributed by atoms with van der Waals surface area (Å²) in [6.45, 7) is 1.95. The van der Waals surface area contributed by atoms with Gasteiger partial charge in [-0.3, -0.25) is 9.59 Å². The number of amides is 1. The summed E-state index contributed by atoms with van der Waals surface area (Å²) in [5.41, 5.74) is 3.91. The number of Topliss-reactive ketones (excluding diaryl/α,β-unsaturated/α-hetero) is 1. The third-order valence-corrected chi connectivity index (χ3v) is 7.21. The van der Waals surface area contributed by atoms with Gasteiger partial charge < -0.3 is 10.6 Å². The zero-order chi connectivity index (χ0) is 21.1. The fourth-order valence-corrected chi connectivity index (χ4v) is 5.52. The van der Waals surface area contributed by atoms with Crippen LogP contribution in [0.3, 0.4) is 0 Å². The lowest BCUT2D eigenvalue weighted by atomic mass is 9.79. The van der Waals surface area contributed by atoms with Gasteiger partial charge in [0.05, 0.1) is 28.3 Å². The first-order valence-corrected chi connectivity index (χ1v) is 11.6. The van der Waals surface area contributed by atoms with Crippen molar-refractivity contribution in [3.05, 3.63) is 74.1 Å². The van der Waals surface area contributed by atoms with Crippen LogP contribution < -0.4 is 10.6 Å². The van der Waals surface area contributed by atoms with E-state index in [2.05, 4.69) is 16.7 Å². The third-order valence-electron chi connectivity index (χ3n) is 5.26. The Bertz CT molecular complexity index is 1090. The summed E-state index contributed by atoms with van der Waals surface area (Å²) in [6, 6.07) is 13.8. The van der Waals surface area contributed by atoms with Crippen LogP contribution >= 0.6 is 23.1 Å². The Hall–Kier alpha value is -2.82. The minimum Gasteiger partial charge on any atom is -0.352 e. The lowest BCUT2D eigenvalue weighted by Crippen LogP contribution is -2.31. The van der Waals surface area contributed by atoms with Crippen LogP contribution in [0.5, 0.6) is 0 Å². The maximum Gasteiger partial charge on any atom is 0.234 e. The van der Waals surface area contributed by atoms with Gasteiger partial charge in [0, 0.05) is 28.3 Å². The number of carbonyl (C=O) groups excluding carboxylic acids is 2. The molecule has 1 aliphatic carbocycles. The Balaban J connectivity index is 1.58. The quantitative estimate of drug-likeness (QED) is 0.701. The first-order chi connectivity index (χ1) is 14.6. The molecule has 1 aliphatic heterocycles. The van der Waals surface area contributed by atoms with Gasteiger partial charge in [-0.2, -0.15) is 5.26 Å². The molecular formula is C23H21N3O2S2. The number of nitrogens with one attached hydrogen (secondary N) is 2. The highest BCUT2D eigenvalue weighted by Gasteiger charge is 2.37. The van der Waals surface area contributed by atoms with Gasteiger partial charge in [0.25, 0.3) is 0 Å². The highest BCUT2D eigenvalue weighted by atomic mass is 32.2. The minimum atomic E-state index is -0.346. The fraction of sp³-hybridized carbons (Fsp3) is 0.261. The number of anilines is 1. The molecule has 0 spiro atoms. The number of allylic oxidation sites excluding steroid dienone is 3. The summed E-state index contributed by atoms with van der Waals surface area (Å²) in [6.07, 6.45) is 2.10. The van der Waals surface area contributed by atoms with E-state index in [1.54, 1.807) is 11.3 Å². The predicted octanol–water partition coefficient (Wildman–Crippen LogP) is 4.86. The Morgan fingerprint density at radius 2 is 2.13 bits per heavy atom. The van der Waals surface area contributed by atoms with Crippen molar-refractivity contribution in [1.82, 2.24) is 5.32 Å². The standard InChI is InChI=1S/C23H21N3O2S2/c1-14-6-2-3-7-16(14)25-20(28)13-30-23-15(12-24)21(19-10-5-11-29-19)22-17(26-23)8-4-9-18(22)27/h2-3,5-7,10-11,21,26H,4,8-9,13H2,1H3,(H,25,28). The number of ketones is 1. The van der Waals surface area contributed by atoms with Crippen LogP contribution in [0.4, 0.5) is 5.69 Å². The van der Waals surface area contributed by atoms with E-state index in [0.717, 1.165) is 34.7 Å². The molecule has 1 aromatic heterocycles. The molecule has 2 aromatic rings. The maximum atomic E-state index is 12.7. The number of hydrogen-bond donors (Lipinski definition) is 2. The highest BCUT2D eigenvalue weighted by Crippen LogP contribution is 2.45. The van der Waals surface area contributed by atoms with Gasteiger partial charge in [-0.1, -0.05) is 36.0 Å². The molecule has 0 radical (unpaired) electrons. The Morgan fingerprint density at radius 3 is 2.87 bits per heavy atom. The van der Waals surface area contributed by atoms with E-state index in [0.29, 0.717) is 22.6 Å². The molecule has 0 saturated heterocycles. The number of nitrogens with zero attached hydrogens (tertiary/aromatic N) is 1. The number of para-hydroxylation sites is 1. The molecule has 0 bridgehead atoms. The number of aryl methyl sites for hydroxylation is 1. The number of benzene rings is 1. The van der Waals surface area contributed by atoms with Gasteiger partial charge >= 0.3 is 0 Å². The van der Waals surface area contributed by atoms with Gasteiger partial charge in [0.1, 0.15) is 0 Å². The van der Waals surface area contributed by atoms with Gasteiger partial charge in [-0.15, -0.1) is 11.3 Å². The van der Waals surface area contributed by atoms with Crippen LogP contribution in [0.25, 0.3) is 0 Å². The summed E-state index contributed by atoms with van der Waals surface area (Å²) in [7, 11) is 0. The molecule has 2 heterocycles. The van der Waals surface area contributed by atoms with Crippen molar-refractivity contribution in [2.24, 2.45) is 0 Å². The van der Waals surface area contributed by atoms with Gasteiger partial charge in [-0.05, 0) is 42.8 Å². The summed E-state index contributed by atoms with van der Waals surface area (Å²) in [5, 5.41) is 18.8. The zero-order valence-corrected chi connectivity index (χ0v) is 18.2. The van der Waals surface area contributed by atoms with E-state index in [4.69, 9.17) is 0 Å². The van der Waals surface area contributed by atoms with Crippen molar-refractivity contribution in [1.29, 1.82) is 5.26 Å². The normalized spacial score (nSPS) is 18.5. The van der Waals surface area contributed by atoms with Crippen molar-refractivity contribution in [3.63, 3.8) is 0 Å². The van der Waals surface area contributed by atoms with Crippen molar-refractivity contribution in [2.75, 3.05) is 11.1 Å². The van der Waals surface area contributed by atoms with Crippen molar-refractivity contribution in [3.8, 4) is 6.07 Å². The van der Waals surface area contributed by atoms with Crippen LogP contribution in [0.2, 0.25) is 0 Å². The Morgan fingerprint density at radius 1 is 1.30 bits per heavy atom. The Kier molecular flexibility index (Phi) is 6.07. The van der Waals surface area contributed by atoms with E-state index in [1.165, 1.54) is 11.8 Å². The third kappa shape index (κ3) is 4.07. The molecule has 1 aromatic carbocycles. The Labute approximate surface area is 183 Å². The molecule has 152 valence electrons. The molecule has 0 saturated carbocycles. The van der Waals surface area contributed by atoms with Gasteiger partial charge in [0.15, 0.2) is 5.78 Å². The second-order valence-electron chi connectivity index (χ2n) is 7.25. The van der Waals surface area contributed by atoms with E-state index in [-0.39, 0.29) is 23.4 Å². The lowest BCUT2D eigenvalue weighted by molar-refractivity contribution is -0.116. The summed E-state index contributed by atoms with van der Waals surface area (Å²) >= 11 is 2.86. The summed E-state index contributed by atoms with van der Waals surface area (Å²) in [5.74, 6) is -0.194. The number of rotatable bonds is 5. The zero-order valence-electron chi connectivity index (χ0n) is 16.5. The second kappa shape index (κ2) is 8.90. The monoisotopic (exact) mass is 435 g/mol. The predicted molar refractivity (Wildman–Crippen MR) is 121 cm³/mol. The van der Waals surface area contributed by atoms with Crippen LogP contribution in [0, 0.1) is 18.3 Å². The van der Waals surface area contributed by atoms with Crippen LogP contribution in [0.1, 0.15) is 35.6 Å². The average molecular weight is 436 g/mol. The SMILES string of the molecule is Cc1ccccc1NC(=O)CSC1=C(C#N)C(c2cccs2)C2=C(CCCC2=O)N1. The van der Waals surface area contributed by atoms with Crippen LogP contribution in [0.15, 0.2) is 63.7 Å². The first-order valence-electron chi connectivity index (χ1n) is 9.77. The molecule has 1 unspecified atom stereocenters. The smallest absolute Gasteiger partial charge is 0.234 e. The largest absolute Gasteiger partial charge is 0.352 e. The number of dihydropyridines is 1. The molecule has 0 fully saturated rings. The van der Waals surface area contributed by atoms with Crippen molar-refractivity contribution in [2.45, 2.75) is 32.1 Å². The molecule has 30 heavy (non-hydrogen) atoms. The summed E-state index contributed by atoms with van der Waals surface area (Å²) < 4.78 is 0. The number of thioether (sulfide) groups is 1. The van der Waals surface area contributed by atoms with Crippen molar-refractivity contribution >= 4 is 40.5 Å². The molecule has 2 aliphatic rings. The molecule has 5 nitrogen and oxygen atoms in total. The number of thiophene rings is 1. The highest BCUT2D eigenvalue weighted by molar-refractivity contribution is 8.03. The molecule has 4 rings (SSSR count). The molecule has 1 atom stereocenters. The number of hydrogen-bond acceptors (Lipinski definition) is 6. The van der Waals surface area contributed by atoms with Gasteiger partial charge in [-0.25, -0.2) is 0 Å². The maximum absolute atomic E-state index is 12.7. The van der Waals surface area contributed by atoms with Crippen LogP contribution in [-0.4, -0.2) is 17.4 Å². The lowest BCUT2D eigenvalue weighted by Gasteiger charge is -2.32. The molecule has 2 N–H and O–H groups in total. The minimum absolute atomic E-state index is 0.108. The van der Waals surface area contributed by atoms with Crippen molar-refractivity contribution < 1.29 is 9.59 Å². The van der Waals surface area contributed by atoms with Gasteiger partial charge in [0.2, 0.25) is 5.91 Å². The second-order valence-corrected chi connectivity index (χ2v) is 9.21. The average Bonchev–Trinajstić information content (AvgIpc) is 3.27. The topological polar surface area (TPSA) is 82.0 Å². The number of nitriles is 1. The van der Waals surface area contributed by atoms with E-state index >= 15 is 0 Å². The fourth-order valence-electron chi connectivity index (χ4n) is 3.81. The molecule has 7 heteroatoms. The number of carbonyl (C=O) groups is 2. The molecular weight excluding hydrogens is 414 g/mol.